The summed E-state index contributed by atoms with van der Waals surface area (Å²) in [5, 5.41) is 3.06. The number of benzene rings is 2. The third-order valence-electron chi connectivity index (χ3n) is 5.69. The van der Waals surface area contributed by atoms with Gasteiger partial charge in [-0.3, -0.25) is 9.69 Å². The Morgan fingerprint density at radius 2 is 1.67 bits per heavy atom. The molecule has 162 valence electrons. The lowest BCUT2D eigenvalue weighted by atomic mass is 10.0. The van der Waals surface area contributed by atoms with Crippen molar-refractivity contribution in [3.05, 3.63) is 64.7 Å². The van der Waals surface area contributed by atoms with Crippen molar-refractivity contribution in [3.63, 3.8) is 0 Å². The highest BCUT2D eigenvalue weighted by molar-refractivity contribution is 7.89. The van der Waals surface area contributed by atoms with E-state index in [-0.39, 0.29) is 11.7 Å². The van der Waals surface area contributed by atoms with Gasteiger partial charge in [-0.05, 0) is 49.1 Å². The second-order valence-corrected chi connectivity index (χ2v) is 9.95. The molecule has 1 saturated heterocycles. The molecule has 2 aromatic rings. The predicted octanol–water partition coefficient (Wildman–Crippen LogP) is 3.28. The maximum Gasteiger partial charge on any atom is 0.255 e. The zero-order valence-electron chi connectivity index (χ0n) is 18.0. The largest absolute Gasteiger partial charge is 0.321 e. The molecule has 1 aliphatic heterocycles. The van der Waals surface area contributed by atoms with Crippen LogP contribution in [0.5, 0.6) is 0 Å². The maximum absolute atomic E-state index is 12.7. The predicted molar refractivity (Wildman–Crippen MR) is 121 cm³/mol. The Morgan fingerprint density at radius 3 is 2.27 bits per heavy atom. The summed E-state index contributed by atoms with van der Waals surface area (Å²) in [6.07, 6.45) is 0.864. The van der Waals surface area contributed by atoms with Crippen LogP contribution in [0, 0.1) is 6.92 Å². The third-order valence-corrected chi connectivity index (χ3v) is 7.57. The van der Waals surface area contributed by atoms with Gasteiger partial charge in [-0.2, -0.15) is 4.31 Å². The van der Waals surface area contributed by atoms with E-state index in [1.165, 1.54) is 0 Å². The first-order valence-electron chi connectivity index (χ1n) is 10.5. The van der Waals surface area contributed by atoms with Crippen molar-refractivity contribution in [1.82, 2.24) is 9.21 Å². The molecule has 0 bridgehead atoms. The number of amides is 1. The topological polar surface area (TPSA) is 69.7 Å². The molecule has 0 radical (unpaired) electrons. The molecule has 1 amide bonds. The number of nitrogens with one attached hydrogen (secondary N) is 1. The molecular formula is C23H31N3O3S. The highest BCUT2D eigenvalue weighted by Gasteiger charge is 2.25. The van der Waals surface area contributed by atoms with Crippen LogP contribution < -0.4 is 5.32 Å². The van der Waals surface area contributed by atoms with E-state index in [0.29, 0.717) is 31.7 Å². The summed E-state index contributed by atoms with van der Waals surface area (Å²) in [5.74, 6) is 0.0441. The number of carbonyl (C=O) groups is 1. The van der Waals surface area contributed by atoms with E-state index in [0.717, 1.165) is 35.3 Å². The number of rotatable bonds is 7. The van der Waals surface area contributed by atoms with Gasteiger partial charge in [0.2, 0.25) is 10.0 Å². The molecule has 1 fully saturated rings. The number of hydrogen-bond acceptors (Lipinski definition) is 4. The first-order valence-corrected chi connectivity index (χ1v) is 12.1. The summed E-state index contributed by atoms with van der Waals surface area (Å²) in [6, 6.07) is 13.7. The van der Waals surface area contributed by atoms with E-state index in [1.54, 1.807) is 11.2 Å². The molecule has 1 aliphatic rings. The zero-order valence-corrected chi connectivity index (χ0v) is 18.8. The van der Waals surface area contributed by atoms with Crippen LogP contribution >= 0.6 is 0 Å². The van der Waals surface area contributed by atoms with Gasteiger partial charge in [-0.15, -0.1) is 0 Å². The van der Waals surface area contributed by atoms with Gasteiger partial charge >= 0.3 is 0 Å². The lowest BCUT2D eigenvalue weighted by Gasteiger charge is -2.33. The smallest absolute Gasteiger partial charge is 0.255 e. The Kier molecular flexibility index (Phi) is 7.28. The molecule has 1 heterocycles. The Morgan fingerprint density at radius 1 is 1.00 bits per heavy atom. The van der Waals surface area contributed by atoms with Gasteiger partial charge in [0, 0.05) is 44.0 Å². The normalized spacial score (nSPS) is 15.8. The molecule has 3 rings (SSSR count). The van der Waals surface area contributed by atoms with E-state index in [9.17, 15) is 13.2 Å². The van der Waals surface area contributed by atoms with Crippen molar-refractivity contribution >= 4 is 21.6 Å². The number of nitrogens with zero attached hydrogens (tertiary/aromatic N) is 2. The molecule has 30 heavy (non-hydrogen) atoms. The first kappa shape index (κ1) is 22.5. The summed E-state index contributed by atoms with van der Waals surface area (Å²) >= 11 is 0. The Hall–Kier alpha value is -2.22. The van der Waals surface area contributed by atoms with Gasteiger partial charge in [0.15, 0.2) is 0 Å². The number of aryl methyl sites for hydroxylation is 2. The van der Waals surface area contributed by atoms with Gasteiger partial charge in [0.25, 0.3) is 5.91 Å². The van der Waals surface area contributed by atoms with Crippen LogP contribution in [0.3, 0.4) is 0 Å². The van der Waals surface area contributed by atoms with Crippen molar-refractivity contribution in [2.75, 3.05) is 37.2 Å². The quantitative estimate of drug-likeness (QED) is 0.733. The van der Waals surface area contributed by atoms with Crippen LogP contribution in [0.1, 0.15) is 40.9 Å². The number of piperazine rings is 1. The van der Waals surface area contributed by atoms with Crippen LogP contribution in [0.25, 0.3) is 0 Å². The van der Waals surface area contributed by atoms with Crippen LogP contribution in [0.15, 0.2) is 42.5 Å². The van der Waals surface area contributed by atoms with Gasteiger partial charge < -0.3 is 5.32 Å². The fraction of sp³-hybridized carbons (Fsp3) is 0.435. The average molecular weight is 430 g/mol. The zero-order chi connectivity index (χ0) is 21.7. The van der Waals surface area contributed by atoms with E-state index in [4.69, 9.17) is 0 Å². The summed E-state index contributed by atoms with van der Waals surface area (Å²) in [5.41, 5.74) is 4.83. The molecule has 1 N–H and O–H groups in total. The second-order valence-electron chi connectivity index (χ2n) is 7.69. The van der Waals surface area contributed by atoms with Gasteiger partial charge in [-0.1, -0.05) is 37.3 Å². The second kappa shape index (κ2) is 9.73. The fourth-order valence-electron chi connectivity index (χ4n) is 3.76. The van der Waals surface area contributed by atoms with E-state index < -0.39 is 10.0 Å². The van der Waals surface area contributed by atoms with Crippen LogP contribution in [-0.4, -0.2) is 55.5 Å². The summed E-state index contributed by atoms with van der Waals surface area (Å²) in [4.78, 5) is 15.0. The van der Waals surface area contributed by atoms with Gasteiger partial charge in [-0.25, -0.2) is 8.42 Å². The number of sulfonamides is 1. The monoisotopic (exact) mass is 429 g/mol. The lowest BCUT2D eigenvalue weighted by Crippen LogP contribution is -2.48. The van der Waals surface area contributed by atoms with E-state index in [1.807, 2.05) is 49.4 Å². The highest BCUT2D eigenvalue weighted by Crippen LogP contribution is 2.22. The summed E-state index contributed by atoms with van der Waals surface area (Å²) < 4.78 is 25.5. The van der Waals surface area contributed by atoms with Crippen molar-refractivity contribution in [2.45, 2.75) is 33.7 Å². The van der Waals surface area contributed by atoms with Gasteiger partial charge in [0.1, 0.15) is 0 Å². The maximum atomic E-state index is 12.7. The standard InChI is InChI=1S/C23H31N3O3S/c1-4-20-8-6-7-18(3)22(20)24-23(27)21-11-9-19(10-12-21)17-25-13-15-26(16-14-25)30(28,29)5-2/h6-12H,4-5,13-17H2,1-3H3,(H,24,27). The van der Waals surface area contributed by atoms with E-state index >= 15 is 0 Å². The lowest BCUT2D eigenvalue weighted by molar-refractivity contribution is 0.102. The van der Waals surface area contributed by atoms with E-state index in [2.05, 4.69) is 17.1 Å². The van der Waals surface area contributed by atoms with Crippen LogP contribution in [0.2, 0.25) is 0 Å². The third kappa shape index (κ3) is 5.28. The minimum atomic E-state index is -3.10. The molecule has 7 heteroatoms. The molecule has 0 saturated carbocycles. The van der Waals surface area contributed by atoms with Crippen LogP contribution in [-0.2, 0) is 23.0 Å². The Balaban J connectivity index is 1.59. The first-order chi connectivity index (χ1) is 14.3. The molecule has 0 aliphatic carbocycles. The summed E-state index contributed by atoms with van der Waals surface area (Å²) in [6.45, 7) is 9.02. The van der Waals surface area contributed by atoms with Crippen molar-refractivity contribution in [2.24, 2.45) is 0 Å². The number of anilines is 1. The van der Waals surface area contributed by atoms with Gasteiger partial charge in [0.05, 0.1) is 5.75 Å². The molecule has 6 nitrogen and oxygen atoms in total. The number of carbonyl (C=O) groups excluding carboxylic acids is 1. The summed E-state index contributed by atoms with van der Waals surface area (Å²) in [7, 11) is -3.10. The van der Waals surface area contributed by atoms with Crippen LogP contribution in [0.4, 0.5) is 5.69 Å². The minimum absolute atomic E-state index is 0.107. The molecule has 0 aromatic heterocycles. The highest BCUT2D eigenvalue weighted by atomic mass is 32.2. The number of hydrogen-bond donors (Lipinski definition) is 1. The minimum Gasteiger partial charge on any atom is -0.321 e. The van der Waals surface area contributed by atoms with Crippen molar-refractivity contribution < 1.29 is 13.2 Å². The molecule has 0 unspecified atom stereocenters. The molecule has 2 aromatic carbocycles. The number of para-hydroxylation sites is 1. The van der Waals surface area contributed by atoms with Crippen molar-refractivity contribution in [3.8, 4) is 0 Å². The Labute approximate surface area is 179 Å². The van der Waals surface area contributed by atoms with Crippen molar-refractivity contribution in [1.29, 1.82) is 0 Å². The SMILES string of the molecule is CCc1cccc(C)c1NC(=O)c1ccc(CN2CCN(S(=O)(=O)CC)CC2)cc1. The Bertz CT molecular complexity index is 979. The molecular weight excluding hydrogens is 398 g/mol. The molecule has 0 spiro atoms. The molecule has 0 atom stereocenters. The average Bonchev–Trinajstić information content (AvgIpc) is 2.76. The fourth-order valence-corrected chi connectivity index (χ4v) is 4.84.